The minimum Gasteiger partial charge on any atom is -0.278 e. The molecule has 0 saturated heterocycles. The fourth-order valence-corrected chi connectivity index (χ4v) is 2.91. The maximum Gasteiger partial charge on any atom is 0.0911 e. The molecule has 0 radical (unpaired) electrons. The predicted molar refractivity (Wildman–Crippen MR) is 95.0 cm³/mol. The van der Waals surface area contributed by atoms with Crippen LogP contribution in [0.25, 0.3) is 5.57 Å². The Kier molecular flexibility index (Phi) is 5.62. The van der Waals surface area contributed by atoms with Crippen molar-refractivity contribution in [3.63, 3.8) is 0 Å². The van der Waals surface area contributed by atoms with Crippen molar-refractivity contribution >= 4 is 39.4 Å². The lowest BCUT2D eigenvalue weighted by atomic mass is 9.98. The molecule has 1 nitrogen and oxygen atoms in total. The van der Waals surface area contributed by atoms with Gasteiger partial charge in [-0.2, -0.15) is 0 Å². The van der Waals surface area contributed by atoms with Gasteiger partial charge in [-0.1, -0.05) is 60.7 Å². The zero-order chi connectivity index (χ0) is 12.9. The average molecular weight is 346 g/mol. The van der Waals surface area contributed by atoms with Gasteiger partial charge in [-0.3, -0.25) is 4.99 Å². The van der Waals surface area contributed by atoms with Crippen LogP contribution >= 0.6 is 28.7 Å². The molecule has 0 aliphatic carbocycles. The maximum atomic E-state index is 4.53. The Balaban J connectivity index is 0.00000147. The highest BCUT2D eigenvalue weighted by Crippen LogP contribution is 2.25. The highest BCUT2D eigenvalue weighted by Gasteiger charge is 2.09. The van der Waals surface area contributed by atoms with Gasteiger partial charge in [0.15, 0.2) is 0 Å². The van der Waals surface area contributed by atoms with Crippen LogP contribution in [-0.4, -0.2) is 17.3 Å². The van der Waals surface area contributed by atoms with Crippen LogP contribution in [0.15, 0.2) is 71.7 Å². The molecule has 0 bridgehead atoms. The monoisotopic (exact) mass is 345 g/mol. The third kappa shape index (κ3) is 3.62. The lowest BCUT2D eigenvalue weighted by Gasteiger charge is -2.08. The summed E-state index contributed by atoms with van der Waals surface area (Å²) in [5.41, 5.74) is 3.72. The minimum atomic E-state index is 0. The predicted octanol–water partition coefficient (Wildman–Crippen LogP) is 4.84. The first-order chi connectivity index (χ1) is 9.43. The Labute approximate surface area is 134 Å². The van der Waals surface area contributed by atoms with Gasteiger partial charge in [0.25, 0.3) is 0 Å². The van der Waals surface area contributed by atoms with Crippen LogP contribution in [0.3, 0.4) is 0 Å². The van der Waals surface area contributed by atoms with E-state index < -0.39 is 0 Å². The second-order valence-electron chi connectivity index (χ2n) is 4.36. The summed E-state index contributed by atoms with van der Waals surface area (Å²) in [6.07, 6.45) is 2.21. The van der Waals surface area contributed by atoms with Gasteiger partial charge in [0.1, 0.15) is 0 Å². The second-order valence-corrected chi connectivity index (χ2v) is 5.47. The third-order valence-corrected chi connectivity index (χ3v) is 3.98. The van der Waals surface area contributed by atoms with E-state index in [1.54, 1.807) is 0 Å². The Morgan fingerprint density at radius 3 is 1.90 bits per heavy atom. The van der Waals surface area contributed by atoms with E-state index in [2.05, 4.69) is 59.6 Å². The molecule has 1 aliphatic heterocycles. The van der Waals surface area contributed by atoms with Crippen LogP contribution in [0, 0.1) is 0 Å². The van der Waals surface area contributed by atoms with Gasteiger partial charge in [-0.15, -0.1) is 28.7 Å². The SMILES string of the molecule is Br.C(=C(c1ccccc1)c1ccccc1)C1=NCCS1. The van der Waals surface area contributed by atoms with Crippen LogP contribution in [-0.2, 0) is 0 Å². The van der Waals surface area contributed by atoms with Gasteiger partial charge < -0.3 is 0 Å². The Hall–Kier alpha value is -1.32. The van der Waals surface area contributed by atoms with Crippen LogP contribution in [0.5, 0.6) is 0 Å². The molecule has 2 aromatic rings. The van der Waals surface area contributed by atoms with Crippen molar-refractivity contribution in [1.29, 1.82) is 0 Å². The summed E-state index contributed by atoms with van der Waals surface area (Å²) in [4.78, 5) is 4.53. The number of hydrogen-bond acceptors (Lipinski definition) is 2. The normalized spacial score (nSPS) is 13.3. The van der Waals surface area contributed by atoms with E-state index in [4.69, 9.17) is 0 Å². The number of halogens is 1. The summed E-state index contributed by atoms with van der Waals surface area (Å²) in [7, 11) is 0. The molecular formula is C17H16BrNS. The summed E-state index contributed by atoms with van der Waals surface area (Å²) in [5.74, 6) is 1.10. The Bertz CT molecular complexity index is 564. The molecule has 0 aromatic heterocycles. The first-order valence-corrected chi connectivity index (χ1v) is 7.42. The van der Waals surface area contributed by atoms with Gasteiger partial charge in [-0.25, -0.2) is 0 Å². The van der Waals surface area contributed by atoms with Gasteiger partial charge in [-0.05, 0) is 22.8 Å². The molecule has 0 fully saturated rings. The van der Waals surface area contributed by atoms with Crippen LogP contribution in [0.4, 0.5) is 0 Å². The largest absolute Gasteiger partial charge is 0.278 e. The number of aliphatic imine (C=N–C) groups is 1. The molecule has 0 atom stereocenters. The van der Waals surface area contributed by atoms with Gasteiger partial charge in [0.05, 0.1) is 5.04 Å². The molecule has 1 heterocycles. The van der Waals surface area contributed by atoms with Crippen molar-refractivity contribution in [3.05, 3.63) is 77.9 Å². The molecule has 2 aromatic carbocycles. The molecule has 0 spiro atoms. The van der Waals surface area contributed by atoms with Gasteiger partial charge >= 0.3 is 0 Å². The number of rotatable bonds is 3. The molecule has 0 N–H and O–H groups in total. The van der Waals surface area contributed by atoms with Crippen molar-refractivity contribution in [3.8, 4) is 0 Å². The van der Waals surface area contributed by atoms with E-state index in [9.17, 15) is 0 Å². The summed E-state index contributed by atoms with van der Waals surface area (Å²) in [5, 5.41) is 1.14. The zero-order valence-electron chi connectivity index (χ0n) is 11.0. The van der Waals surface area contributed by atoms with Crippen LogP contribution in [0.1, 0.15) is 11.1 Å². The van der Waals surface area contributed by atoms with Crippen LogP contribution < -0.4 is 0 Å². The summed E-state index contributed by atoms with van der Waals surface area (Å²) in [6, 6.07) is 21.0. The van der Waals surface area contributed by atoms with Crippen molar-refractivity contribution < 1.29 is 0 Å². The zero-order valence-corrected chi connectivity index (χ0v) is 13.6. The standard InChI is InChI=1S/C17H15NS.BrH/c1-3-7-14(8-4-1)16(13-17-18-11-12-19-17)15-9-5-2-6-10-15;/h1-10,13H,11-12H2;1H. The van der Waals surface area contributed by atoms with Crippen LogP contribution in [0.2, 0.25) is 0 Å². The number of benzene rings is 2. The lowest BCUT2D eigenvalue weighted by molar-refractivity contribution is 1.18. The first kappa shape index (κ1) is 15.1. The number of thioether (sulfide) groups is 1. The summed E-state index contributed by atoms with van der Waals surface area (Å²) >= 11 is 1.83. The van der Waals surface area contributed by atoms with Gasteiger partial charge in [0.2, 0.25) is 0 Å². The number of hydrogen-bond donors (Lipinski definition) is 0. The quantitative estimate of drug-likeness (QED) is 0.775. The molecule has 0 saturated carbocycles. The average Bonchev–Trinajstić information content (AvgIpc) is 3.00. The highest BCUT2D eigenvalue weighted by molar-refractivity contribution is 8.93. The van der Waals surface area contributed by atoms with E-state index >= 15 is 0 Å². The first-order valence-electron chi connectivity index (χ1n) is 6.43. The van der Waals surface area contributed by atoms with Crippen molar-refractivity contribution in [2.24, 2.45) is 4.99 Å². The van der Waals surface area contributed by atoms with E-state index in [-0.39, 0.29) is 17.0 Å². The highest BCUT2D eigenvalue weighted by atomic mass is 79.9. The van der Waals surface area contributed by atoms with E-state index in [1.807, 2.05) is 23.9 Å². The van der Waals surface area contributed by atoms with Gasteiger partial charge in [0, 0.05) is 12.3 Å². The molecule has 3 heteroatoms. The molecule has 20 heavy (non-hydrogen) atoms. The molecule has 0 amide bonds. The fraction of sp³-hybridized carbons (Fsp3) is 0.118. The molecular weight excluding hydrogens is 330 g/mol. The maximum absolute atomic E-state index is 4.53. The van der Waals surface area contributed by atoms with E-state index in [0.29, 0.717) is 0 Å². The Morgan fingerprint density at radius 2 is 1.45 bits per heavy atom. The number of nitrogens with zero attached hydrogens (tertiary/aromatic N) is 1. The smallest absolute Gasteiger partial charge is 0.0911 e. The second kappa shape index (κ2) is 7.46. The summed E-state index contributed by atoms with van der Waals surface area (Å²) < 4.78 is 0. The lowest BCUT2D eigenvalue weighted by Crippen LogP contribution is -1.91. The molecule has 0 unspecified atom stereocenters. The fourth-order valence-electron chi connectivity index (χ4n) is 2.13. The molecule has 1 aliphatic rings. The van der Waals surface area contributed by atoms with E-state index in [0.717, 1.165) is 17.3 Å². The summed E-state index contributed by atoms with van der Waals surface area (Å²) in [6.45, 7) is 0.938. The Morgan fingerprint density at radius 1 is 0.900 bits per heavy atom. The van der Waals surface area contributed by atoms with E-state index in [1.165, 1.54) is 16.7 Å². The molecule has 3 rings (SSSR count). The van der Waals surface area contributed by atoms with Crippen molar-refractivity contribution in [2.45, 2.75) is 0 Å². The minimum absolute atomic E-state index is 0. The van der Waals surface area contributed by atoms with Crippen molar-refractivity contribution in [2.75, 3.05) is 12.3 Å². The molecule has 102 valence electrons. The third-order valence-electron chi connectivity index (χ3n) is 3.05. The topological polar surface area (TPSA) is 12.4 Å². The van der Waals surface area contributed by atoms with Crippen molar-refractivity contribution in [1.82, 2.24) is 0 Å².